The van der Waals surface area contributed by atoms with Crippen molar-refractivity contribution in [2.24, 2.45) is 5.92 Å². The Bertz CT molecular complexity index is 425. The molecule has 3 nitrogen and oxygen atoms in total. The van der Waals surface area contributed by atoms with Gasteiger partial charge < -0.3 is 10.8 Å². The Morgan fingerprint density at radius 1 is 1.29 bits per heavy atom. The van der Waals surface area contributed by atoms with E-state index in [1.54, 1.807) is 0 Å². The molecule has 3 N–H and O–H groups in total. The number of benzene rings is 1. The second kappa shape index (κ2) is 5.00. The van der Waals surface area contributed by atoms with Gasteiger partial charge in [-0.05, 0) is 49.3 Å². The van der Waals surface area contributed by atoms with Crippen LogP contribution in [0.1, 0.15) is 37.2 Å². The van der Waals surface area contributed by atoms with Gasteiger partial charge in [0, 0.05) is 10.6 Å². The first-order valence-corrected chi connectivity index (χ1v) is 6.34. The number of thiol groups is 1. The van der Waals surface area contributed by atoms with Crippen LogP contribution >= 0.6 is 12.6 Å². The maximum atomic E-state index is 10.9. The fraction of sp³-hybridized carbons (Fsp3) is 0.462. The minimum atomic E-state index is -0.657. The summed E-state index contributed by atoms with van der Waals surface area (Å²) < 4.78 is 0. The van der Waals surface area contributed by atoms with E-state index in [-0.39, 0.29) is 5.92 Å². The SMILES string of the molecule is Nc1ccc(C2CCC(C(=O)O)CC2)cc1S. The summed E-state index contributed by atoms with van der Waals surface area (Å²) in [5.41, 5.74) is 7.65. The molecule has 1 aliphatic carbocycles. The second-order valence-corrected chi connectivity index (χ2v) is 5.19. The Morgan fingerprint density at radius 3 is 2.47 bits per heavy atom. The maximum absolute atomic E-state index is 10.9. The topological polar surface area (TPSA) is 63.3 Å². The molecular weight excluding hydrogens is 234 g/mol. The Morgan fingerprint density at radius 2 is 1.94 bits per heavy atom. The van der Waals surface area contributed by atoms with Gasteiger partial charge in [-0.2, -0.15) is 0 Å². The molecule has 0 bridgehead atoms. The van der Waals surface area contributed by atoms with E-state index in [4.69, 9.17) is 10.8 Å². The molecule has 0 unspecified atom stereocenters. The summed E-state index contributed by atoms with van der Waals surface area (Å²) in [5, 5.41) is 8.95. The maximum Gasteiger partial charge on any atom is 0.306 e. The van der Waals surface area contributed by atoms with Crippen LogP contribution in [0.5, 0.6) is 0 Å². The van der Waals surface area contributed by atoms with Gasteiger partial charge in [-0.25, -0.2) is 0 Å². The van der Waals surface area contributed by atoms with E-state index < -0.39 is 5.97 Å². The fourth-order valence-corrected chi connectivity index (χ4v) is 2.71. The van der Waals surface area contributed by atoms with E-state index in [0.29, 0.717) is 11.6 Å². The van der Waals surface area contributed by atoms with Crippen LogP contribution in [0, 0.1) is 5.92 Å². The molecule has 0 amide bonds. The first-order valence-electron chi connectivity index (χ1n) is 5.89. The molecule has 0 spiro atoms. The zero-order valence-electron chi connectivity index (χ0n) is 9.60. The van der Waals surface area contributed by atoms with Gasteiger partial charge in [0.15, 0.2) is 0 Å². The van der Waals surface area contributed by atoms with Gasteiger partial charge >= 0.3 is 5.97 Å². The minimum Gasteiger partial charge on any atom is -0.481 e. The lowest BCUT2D eigenvalue weighted by atomic mass is 9.79. The molecule has 2 rings (SSSR count). The van der Waals surface area contributed by atoms with E-state index in [0.717, 1.165) is 30.6 Å². The van der Waals surface area contributed by atoms with Crippen LogP contribution in [0.2, 0.25) is 0 Å². The molecule has 0 heterocycles. The largest absolute Gasteiger partial charge is 0.481 e. The molecule has 17 heavy (non-hydrogen) atoms. The standard InChI is InChI=1S/C13H17NO2S/c14-11-6-5-10(7-12(11)17)8-1-3-9(4-2-8)13(15)16/h5-9,17H,1-4,14H2,(H,15,16). The van der Waals surface area contributed by atoms with Crippen molar-refractivity contribution in [2.75, 3.05) is 5.73 Å². The van der Waals surface area contributed by atoms with Crippen LogP contribution < -0.4 is 5.73 Å². The van der Waals surface area contributed by atoms with Crippen LogP contribution in [-0.2, 0) is 4.79 Å². The molecule has 0 aromatic heterocycles. The Hall–Kier alpha value is -1.16. The predicted octanol–water partition coefficient (Wildman–Crippen LogP) is 2.92. The molecule has 0 atom stereocenters. The summed E-state index contributed by atoms with van der Waals surface area (Å²) in [6.07, 6.45) is 3.42. The first kappa shape index (κ1) is 12.3. The quantitative estimate of drug-likeness (QED) is 0.559. The van der Waals surface area contributed by atoms with Crippen LogP contribution in [-0.4, -0.2) is 11.1 Å². The Labute approximate surface area is 106 Å². The third-order valence-corrected chi connectivity index (χ3v) is 3.99. The number of anilines is 1. The number of rotatable bonds is 2. The number of carboxylic acids is 1. The van der Waals surface area contributed by atoms with Crippen LogP contribution in [0.25, 0.3) is 0 Å². The lowest BCUT2D eigenvalue weighted by molar-refractivity contribution is -0.142. The number of carboxylic acid groups (broad SMARTS) is 1. The van der Waals surface area contributed by atoms with Crippen molar-refractivity contribution in [1.82, 2.24) is 0 Å². The van der Waals surface area contributed by atoms with Crippen LogP contribution in [0.3, 0.4) is 0 Å². The average Bonchev–Trinajstić information content (AvgIpc) is 2.33. The van der Waals surface area contributed by atoms with E-state index in [9.17, 15) is 4.79 Å². The molecule has 92 valence electrons. The van der Waals surface area contributed by atoms with Crippen molar-refractivity contribution in [2.45, 2.75) is 36.5 Å². The zero-order chi connectivity index (χ0) is 12.4. The van der Waals surface area contributed by atoms with Crippen LogP contribution in [0.4, 0.5) is 5.69 Å². The number of hydrogen-bond donors (Lipinski definition) is 3. The van der Waals surface area contributed by atoms with Crippen LogP contribution in [0.15, 0.2) is 23.1 Å². The number of nitrogens with two attached hydrogens (primary N) is 1. The predicted molar refractivity (Wildman–Crippen MR) is 70.4 cm³/mol. The Balaban J connectivity index is 2.05. The summed E-state index contributed by atoms with van der Waals surface area (Å²) >= 11 is 4.32. The summed E-state index contributed by atoms with van der Waals surface area (Å²) in [7, 11) is 0. The van der Waals surface area contributed by atoms with Gasteiger partial charge in [0.05, 0.1) is 5.92 Å². The van der Waals surface area contributed by atoms with Crippen molar-refractivity contribution < 1.29 is 9.90 Å². The van der Waals surface area contributed by atoms with Gasteiger partial charge in [0.2, 0.25) is 0 Å². The van der Waals surface area contributed by atoms with Gasteiger partial charge in [0.1, 0.15) is 0 Å². The summed E-state index contributed by atoms with van der Waals surface area (Å²) in [4.78, 5) is 11.7. The van der Waals surface area contributed by atoms with Gasteiger partial charge in [0.25, 0.3) is 0 Å². The normalized spacial score (nSPS) is 24.5. The number of nitrogen functional groups attached to an aromatic ring is 1. The molecule has 1 aromatic carbocycles. The molecule has 1 aromatic rings. The smallest absolute Gasteiger partial charge is 0.306 e. The summed E-state index contributed by atoms with van der Waals surface area (Å²) in [6.45, 7) is 0. The molecule has 1 fully saturated rings. The number of aliphatic carboxylic acids is 1. The first-order chi connectivity index (χ1) is 8.08. The molecular formula is C13H17NO2S. The summed E-state index contributed by atoms with van der Waals surface area (Å²) in [5.74, 6) is -0.358. The van der Waals surface area contributed by atoms with E-state index in [1.165, 1.54) is 5.56 Å². The van der Waals surface area contributed by atoms with Crippen molar-refractivity contribution in [3.05, 3.63) is 23.8 Å². The zero-order valence-corrected chi connectivity index (χ0v) is 10.5. The molecule has 1 saturated carbocycles. The third-order valence-electron chi connectivity index (χ3n) is 3.60. The highest BCUT2D eigenvalue weighted by molar-refractivity contribution is 7.80. The highest BCUT2D eigenvalue weighted by Gasteiger charge is 2.26. The van der Waals surface area contributed by atoms with Crippen molar-refractivity contribution >= 4 is 24.3 Å². The average molecular weight is 251 g/mol. The highest BCUT2D eigenvalue weighted by Crippen LogP contribution is 2.37. The highest BCUT2D eigenvalue weighted by atomic mass is 32.1. The molecule has 0 aliphatic heterocycles. The van der Waals surface area contributed by atoms with E-state index in [2.05, 4.69) is 12.6 Å². The van der Waals surface area contributed by atoms with Crippen molar-refractivity contribution in [3.63, 3.8) is 0 Å². The Kier molecular flexibility index (Phi) is 3.62. The third kappa shape index (κ3) is 2.75. The lowest BCUT2D eigenvalue weighted by Gasteiger charge is -2.26. The fourth-order valence-electron chi connectivity index (χ4n) is 2.49. The van der Waals surface area contributed by atoms with Gasteiger partial charge in [-0.3, -0.25) is 4.79 Å². The monoisotopic (exact) mass is 251 g/mol. The van der Waals surface area contributed by atoms with Gasteiger partial charge in [-0.1, -0.05) is 6.07 Å². The number of carbonyl (C=O) groups is 1. The number of hydrogen-bond acceptors (Lipinski definition) is 3. The minimum absolute atomic E-state index is 0.157. The van der Waals surface area contributed by atoms with E-state index >= 15 is 0 Å². The molecule has 0 radical (unpaired) electrons. The van der Waals surface area contributed by atoms with Crippen molar-refractivity contribution in [1.29, 1.82) is 0 Å². The molecule has 1 aliphatic rings. The summed E-state index contributed by atoms with van der Waals surface area (Å²) in [6, 6.07) is 5.91. The molecule has 0 saturated heterocycles. The van der Waals surface area contributed by atoms with Crippen molar-refractivity contribution in [3.8, 4) is 0 Å². The van der Waals surface area contributed by atoms with E-state index in [1.807, 2.05) is 18.2 Å². The second-order valence-electron chi connectivity index (χ2n) is 4.71. The molecule has 4 heteroatoms. The lowest BCUT2D eigenvalue weighted by Crippen LogP contribution is -2.20. The van der Waals surface area contributed by atoms with Gasteiger partial charge in [-0.15, -0.1) is 12.6 Å².